The number of nitriles is 1. The van der Waals surface area contributed by atoms with Crippen molar-refractivity contribution in [1.82, 2.24) is 4.98 Å². The van der Waals surface area contributed by atoms with Crippen LogP contribution in [0.25, 0.3) is 0 Å². The van der Waals surface area contributed by atoms with Crippen molar-refractivity contribution in [3.63, 3.8) is 0 Å². The first kappa shape index (κ1) is 15.3. The number of aryl methyl sites for hydroxylation is 1. The minimum atomic E-state index is -3.69. The molecule has 5 nitrogen and oxygen atoms in total. The molecule has 0 saturated carbocycles. The minimum Gasteiger partial charge on any atom is -0.263 e. The molecule has 21 heavy (non-hydrogen) atoms. The minimum absolute atomic E-state index is 0.145. The Labute approximate surface area is 128 Å². The van der Waals surface area contributed by atoms with Gasteiger partial charge in [0, 0.05) is 12.1 Å². The number of sulfonamides is 1. The predicted octanol–water partition coefficient (Wildman–Crippen LogP) is 2.54. The summed E-state index contributed by atoms with van der Waals surface area (Å²) in [5, 5.41) is 8.67. The highest BCUT2D eigenvalue weighted by Crippen LogP contribution is 2.15. The second-order valence-corrected chi connectivity index (χ2v) is 6.29. The number of rotatable bonds is 5. The third kappa shape index (κ3) is 3.94. The molecule has 1 N–H and O–H groups in total. The summed E-state index contributed by atoms with van der Waals surface area (Å²) in [7, 11) is -3.69. The molecule has 0 aliphatic heterocycles. The summed E-state index contributed by atoms with van der Waals surface area (Å²) in [6.07, 6.45) is 1.99. The Balaban J connectivity index is 2.19. The zero-order valence-electron chi connectivity index (χ0n) is 11.0. The third-order valence-corrected chi connectivity index (χ3v) is 4.31. The second kappa shape index (κ2) is 6.57. The number of anilines is 1. The summed E-state index contributed by atoms with van der Waals surface area (Å²) < 4.78 is 26.7. The van der Waals surface area contributed by atoms with Gasteiger partial charge in [-0.15, -0.1) is 11.6 Å². The van der Waals surface area contributed by atoms with Gasteiger partial charge in [-0.3, -0.25) is 4.72 Å². The molecule has 0 bridgehead atoms. The van der Waals surface area contributed by atoms with Crippen LogP contribution in [-0.4, -0.2) is 19.3 Å². The number of benzene rings is 1. The molecule has 7 heteroatoms. The molecule has 2 rings (SSSR count). The first-order valence-electron chi connectivity index (χ1n) is 6.09. The second-order valence-electron chi connectivity index (χ2n) is 4.23. The molecule has 2 aromatic rings. The highest BCUT2D eigenvalue weighted by molar-refractivity contribution is 7.92. The number of pyridine rings is 1. The van der Waals surface area contributed by atoms with Crippen molar-refractivity contribution in [1.29, 1.82) is 5.26 Å². The molecular weight excluding hydrogens is 310 g/mol. The van der Waals surface area contributed by atoms with Crippen molar-refractivity contribution in [2.75, 3.05) is 10.6 Å². The van der Waals surface area contributed by atoms with Crippen molar-refractivity contribution in [2.24, 2.45) is 0 Å². The Morgan fingerprint density at radius 3 is 2.43 bits per heavy atom. The smallest absolute Gasteiger partial charge is 0.263 e. The fraction of sp³-hybridized carbons (Fsp3) is 0.143. The number of nitrogens with zero attached hydrogens (tertiary/aromatic N) is 2. The Hall–Kier alpha value is -2.10. The van der Waals surface area contributed by atoms with Crippen LogP contribution in [0.3, 0.4) is 0 Å². The zero-order chi connectivity index (χ0) is 15.3. The van der Waals surface area contributed by atoms with E-state index >= 15 is 0 Å². The Morgan fingerprint density at radius 2 is 1.90 bits per heavy atom. The molecule has 0 saturated heterocycles. The molecule has 0 radical (unpaired) electrons. The lowest BCUT2D eigenvalue weighted by Crippen LogP contribution is -2.13. The number of aromatic nitrogens is 1. The molecule has 0 amide bonds. The molecule has 108 valence electrons. The van der Waals surface area contributed by atoms with Gasteiger partial charge in [-0.1, -0.05) is 12.1 Å². The van der Waals surface area contributed by atoms with Gasteiger partial charge in [-0.2, -0.15) is 5.26 Å². The SMILES string of the molecule is N#Cc1ccc(NS(=O)(=O)c2ccc(CCCl)cc2)nc1. The van der Waals surface area contributed by atoms with E-state index in [4.69, 9.17) is 16.9 Å². The zero-order valence-corrected chi connectivity index (χ0v) is 12.5. The van der Waals surface area contributed by atoms with E-state index in [0.717, 1.165) is 5.56 Å². The van der Waals surface area contributed by atoms with Gasteiger partial charge in [0.2, 0.25) is 0 Å². The van der Waals surface area contributed by atoms with Gasteiger partial charge in [0.15, 0.2) is 0 Å². The summed E-state index contributed by atoms with van der Waals surface area (Å²) in [5.41, 5.74) is 1.34. The lowest BCUT2D eigenvalue weighted by atomic mass is 10.2. The third-order valence-electron chi connectivity index (χ3n) is 2.75. The van der Waals surface area contributed by atoms with E-state index in [1.807, 2.05) is 6.07 Å². The fourth-order valence-corrected chi connectivity index (χ4v) is 2.89. The van der Waals surface area contributed by atoms with Crippen molar-refractivity contribution in [3.05, 3.63) is 53.7 Å². The molecular formula is C14H12ClN3O2S. The topological polar surface area (TPSA) is 82.9 Å². The first-order valence-corrected chi connectivity index (χ1v) is 8.11. The lowest BCUT2D eigenvalue weighted by Gasteiger charge is -2.08. The summed E-state index contributed by atoms with van der Waals surface area (Å²) in [5.74, 6) is 0.651. The van der Waals surface area contributed by atoms with Crippen molar-refractivity contribution in [3.8, 4) is 6.07 Å². The van der Waals surface area contributed by atoms with E-state index in [9.17, 15) is 8.42 Å². The van der Waals surface area contributed by atoms with Crippen molar-refractivity contribution < 1.29 is 8.42 Å². The van der Waals surface area contributed by atoms with Crippen LogP contribution in [-0.2, 0) is 16.4 Å². The summed E-state index contributed by atoms with van der Waals surface area (Å²) in [6, 6.07) is 11.3. The Bertz CT molecular complexity index is 750. The van der Waals surface area contributed by atoms with E-state index in [-0.39, 0.29) is 10.7 Å². The largest absolute Gasteiger partial charge is 0.263 e. The summed E-state index contributed by atoms with van der Waals surface area (Å²) >= 11 is 5.64. The van der Waals surface area contributed by atoms with E-state index in [1.54, 1.807) is 12.1 Å². The average Bonchev–Trinajstić information content (AvgIpc) is 2.48. The summed E-state index contributed by atoms with van der Waals surface area (Å²) in [4.78, 5) is 4.02. The molecule has 0 aliphatic carbocycles. The van der Waals surface area contributed by atoms with Crippen LogP contribution in [0.4, 0.5) is 5.82 Å². The number of halogens is 1. The standard InChI is InChI=1S/C14H12ClN3O2S/c15-8-7-11-1-4-13(5-2-11)21(19,20)18-14-6-3-12(9-16)10-17-14/h1-6,10H,7-8H2,(H,17,18). The Kier molecular flexibility index (Phi) is 4.78. The van der Waals surface area contributed by atoms with Gasteiger partial charge < -0.3 is 0 Å². The van der Waals surface area contributed by atoms with E-state index in [2.05, 4.69) is 9.71 Å². The molecule has 0 atom stereocenters. The number of nitrogens with one attached hydrogen (secondary N) is 1. The van der Waals surface area contributed by atoms with Gasteiger partial charge in [-0.25, -0.2) is 13.4 Å². The van der Waals surface area contributed by atoms with E-state index in [1.165, 1.54) is 30.5 Å². The predicted molar refractivity (Wildman–Crippen MR) is 80.6 cm³/mol. The number of alkyl halides is 1. The van der Waals surface area contributed by atoms with Gasteiger partial charge >= 0.3 is 0 Å². The highest BCUT2D eigenvalue weighted by Gasteiger charge is 2.14. The van der Waals surface area contributed by atoms with Gasteiger partial charge in [-0.05, 0) is 36.2 Å². The molecule has 0 aliphatic rings. The average molecular weight is 322 g/mol. The van der Waals surface area contributed by atoms with Crippen LogP contribution in [0.15, 0.2) is 47.5 Å². The summed E-state index contributed by atoms with van der Waals surface area (Å²) in [6.45, 7) is 0. The van der Waals surface area contributed by atoms with Gasteiger partial charge in [0.1, 0.15) is 11.9 Å². The maximum absolute atomic E-state index is 12.2. The van der Waals surface area contributed by atoms with Crippen LogP contribution < -0.4 is 4.72 Å². The van der Waals surface area contributed by atoms with Crippen LogP contribution >= 0.6 is 11.6 Å². The van der Waals surface area contributed by atoms with Crippen LogP contribution in [0.2, 0.25) is 0 Å². The van der Waals surface area contributed by atoms with Crippen LogP contribution in [0.1, 0.15) is 11.1 Å². The highest BCUT2D eigenvalue weighted by atomic mass is 35.5. The molecule has 1 heterocycles. The molecule has 0 fully saturated rings. The van der Waals surface area contributed by atoms with Crippen molar-refractivity contribution >= 4 is 27.4 Å². The monoisotopic (exact) mass is 321 g/mol. The van der Waals surface area contributed by atoms with Gasteiger partial charge in [0.05, 0.1) is 10.5 Å². The van der Waals surface area contributed by atoms with E-state index in [0.29, 0.717) is 17.9 Å². The molecule has 1 aromatic heterocycles. The van der Waals surface area contributed by atoms with Crippen LogP contribution in [0.5, 0.6) is 0 Å². The maximum atomic E-state index is 12.2. The van der Waals surface area contributed by atoms with Crippen molar-refractivity contribution in [2.45, 2.75) is 11.3 Å². The fourth-order valence-electron chi connectivity index (χ4n) is 1.66. The quantitative estimate of drug-likeness (QED) is 0.858. The molecule has 0 spiro atoms. The number of hydrogen-bond donors (Lipinski definition) is 1. The number of hydrogen-bond acceptors (Lipinski definition) is 4. The van der Waals surface area contributed by atoms with Crippen LogP contribution in [0, 0.1) is 11.3 Å². The maximum Gasteiger partial charge on any atom is 0.263 e. The molecule has 0 unspecified atom stereocenters. The Morgan fingerprint density at radius 1 is 1.19 bits per heavy atom. The molecule has 1 aromatic carbocycles. The first-order chi connectivity index (χ1) is 10.0. The normalized spacial score (nSPS) is 10.9. The lowest BCUT2D eigenvalue weighted by molar-refractivity contribution is 0.601. The van der Waals surface area contributed by atoms with E-state index < -0.39 is 10.0 Å². The van der Waals surface area contributed by atoms with Gasteiger partial charge in [0.25, 0.3) is 10.0 Å².